The van der Waals surface area contributed by atoms with E-state index in [-0.39, 0.29) is 36.5 Å². The minimum Gasteiger partial charge on any atom is -0.342 e. The molecule has 1 aromatic heterocycles. The quantitative estimate of drug-likeness (QED) is 0.497. The van der Waals surface area contributed by atoms with Crippen LogP contribution in [0.15, 0.2) is 42.5 Å². The number of anilines is 1. The number of aromatic amines is 1. The third-order valence-corrected chi connectivity index (χ3v) is 6.18. The van der Waals surface area contributed by atoms with Crippen LogP contribution < -0.4 is 10.6 Å². The fourth-order valence-corrected chi connectivity index (χ4v) is 4.86. The number of amides is 1. The maximum absolute atomic E-state index is 13.9. The van der Waals surface area contributed by atoms with Crippen molar-refractivity contribution >= 4 is 47.4 Å². The number of H-pyrrole nitrogens is 1. The van der Waals surface area contributed by atoms with Crippen LogP contribution in [0.5, 0.6) is 0 Å². The summed E-state index contributed by atoms with van der Waals surface area (Å²) in [6.45, 7) is 0. The molecule has 5 rings (SSSR count). The zero-order valence-corrected chi connectivity index (χ0v) is 18.7. The fourth-order valence-electron chi connectivity index (χ4n) is 4.86. The topological polar surface area (TPSA) is 69.8 Å². The van der Waals surface area contributed by atoms with Crippen molar-refractivity contribution in [3.63, 3.8) is 0 Å². The van der Waals surface area contributed by atoms with Gasteiger partial charge in [0.2, 0.25) is 5.91 Å². The van der Waals surface area contributed by atoms with E-state index < -0.39 is 0 Å². The van der Waals surface area contributed by atoms with E-state index in [1.165, 1.54) is 18.9 Å². The second-order valence-electron chi connectivity index (χ2n) is 8.41. The van der Waals surface area contributed by atoms with Crippen LogP contribution in [0.25, 0.3) is 11.0 Å². The number of halogens is 3. The highest BCUT2D eigenvalue weighted by molar-refractivity contribution is 5.93. The summed E-state index contributed by atoms with van der Waals surface area (Å²) in [7, 11) is 0. The first-order chi connectivity index (χ1) is 14.1. The molecule has 3 aromatic rings. The summed E-state index contributed by atoms with van der Waals surface area (Å²) in [4.78, 5) is 20.3. The Morgan fingerprint density at radius 2 is 1.84 bits per heavy atom. The van der Waals surface area contributed by atoms with Crippen molar-refractivity contribution in [2.45, 2.75) is 50.6 Å². The maximum atomic E-state index is 13.9. The second kappa shape index (κ2) is 9.98. The van der Waals surface area contributed by atoms with Gasteiger partial charge in [-0.2, -0.15) is 0 Å². The molecule has 3 heterocycles. The number of aromatic nitrogens is 2. The molecule has 1 amide bonds. The van der Waals surface area contributed by atoms with Crippen molar-refractivity contribution < 1.29 is 9.18 Å². The summed E-state index contributed by atoms with van der Waals surface area (Å²) >= 11 is 0. The molecule has 166 valence electrons. The Labute approximate surface area is 193 Å². The molecule has 0 saturated carbocycles. The summed E-state index contributed by atoms with van der Waals surface area (Å²) in [6, 6.07) is 13.6. The third kappa shape index (κ3) is 5.37. The molecule has 2 saturated heterocycles. The van der Waals surface area contributed by atoms with Gasteiger partial charge in [-0.3, -0.25) is 4.79 Å². The van der Waals surface area contributed by atoms with Crippen LogP contribution in [0, 0.1) is 11.7 Å². The Hall–Kier alpha value is -2.15. The Morgan fingerprint density at radius 3 is 2.58 bits per heavy atom. The Kier molecular flexibility index (Phi) is 7.57. The number of benzene rings is 2. The first-order valence-corrected chi connectivity index (χ1v) is 10.4. The molecule has 0 spiro atoms. The van der Waals surface area contributed by atoms with E-state index in [0.717, 1.165) is 29.6 Å². The van der Waals surface area contributed by atoms with Crippen molar-refractivity contribution in [2.75, 3.05) is 5.32 Å². The molecule has 31 heavy (non-hydrogen) atoms. The second-order valence-corrected chi connectivity index (χ2v) is 8.41. The number of rotatable bonds is 5. The lowest BCUT2D eigenvalue weighted by Crippen LogP contribution is -2.39. The van der Waals surface area contributed by atoms with Gasteiger partial charge in [-0.15, -0.1) is 24.8 Å². The van der Waals surface area contributed by atoms with Crippen LogP contribution in [-0.4, -0.2) is 28.0 Å². The molecule has 2 unspecified atom stereocenters. The molecular formula is C23H27Cl2FN4O. The van der Waals surface area contributed by atoms with Gasteiger partial charge in [0, 0.05) is 30.6 Å². The summed E-state index contributed by atoms with van der Waals surface area (Å²) in [5, 5.41) is 6.65. The molecule has 2 aliphatic rings. The molecule has 5 nitrogen and oxygen atoms in total. The van der Waals surface area contributed by atoms with Crippen molar-refractivity contribution in [1.82, 2.24) is 15.3 Å². The van der Waals surface area contributed by atoms with Gasteiger partial charge in [0.05, 0.1) is 11.0 Å². The van der Waals surface area contributed by atoms with E-state index in [4.69, 9.17) is 0 Å². The zero-order valence-electron chi connectivity index (χ0n) is 17.1. The number of imidazole rings is 1. The number of nitrogens with one attached hydrogen (secondary N) is 3. The number of carbonyl (C=O) groups excluding carboxylic acids is 1. The normalized spacial score (nSPS) is 21.9. The van der Waals surface area contributed by atoms with E-state index in [9.17, 15) is 9.18 Å². The molecule has 2 aliphatic heterocycles. The molecule has 2 atom stereocenters. The van der Waals surface area contributed by atoms with Crippen LogP contribution in [0.3, 0.4) is 0 Å². The van der Waals surface area contributed by atoms with Gasteiger partial charge in [-0.1, -0.05) is 18.2 Å². The molecule has 0 aliphatic carbocycles. The van der Waals surface area contributed by atoms with Crippen LogP contribution in [-0.2, 0) is 11.2 Å². The van der Waals surface area contributed by atoms with Crippen molar-refractivity contribution in [1.29, 1.82) is 0 Å². The van der Waals surface area contributed by atoms with Gasteiger partial charge in [0.1, 0.15) is 11.6 Å². The largest absolute Gasteiger partial charge is 0.342 e. The van der Waals surface area contributed by atoms with Gasteiger partial charge in [0.15, 0.2) is 0 Å². The first-order valence-electron chi connectivity index (χ1n) is 10.4. The Bertz CT molecular complexity index is 1040. The molecule has 2 aromatic carbocycles. The minimum atomic E-state index is -0.229. The van der Waals surface area contributed by atoms with Gasteiger partial charge >= 0.3 is 0 Å². The summed E-state index contributed by atoms with van der Waals surface area (Å²) in [6.07, 6.45) is 5.67. The lowest BCUT2D eigenvalue weighted by Gasteiger charge is -2.28. The Morgan fingerprint density at radius 1 is 1.10 bits per heavy atom. The molecule has 8 heteroatoms. The molecule has 0 radical (unpaired) electrons. The Balaban J connectivity index is 0.00000136. The zero-order chi connectivity index (χ0) is 19.8. The number of hydrogen-bond donors (Lipinski definition) is 3. The standard InChI is InChI=1S/C23H25FN4O.2ClH/c24-19-4-2-1-3-15(19)12-22-27-20-8-7-18(13-21(20)28-22)26-23(29)11-14-9-16-5-6-17(10-14)25-16;;/h1-4,7-8,13-14,16-17,25H,5-6,9-12H2,(H,26,29)(H,27,28);2*1H. The molecule has 2 fully saturated rings. The highest BCUT2D eigenvalue weighted by Crippen LogP contribution is 2.33. The average Bonchev–Trinajstić information content (AvgIpc) is 3.25. The van der Waals surface area contributed by atoms with E-state index in [2.05, 4.69) is 20.6 Å². The highest BCUT2D eigenvalue weighted by atomic mass is 35.5. The van der Waals surface area contributed by atoms with Gasteiger partial charge in [-0.05, 0) is 61.4 Å². The van der Waals surface area contributed by atoms with E-state index in [0.29, 0.717) is 42.2 Å². The summed E-state index contributed by atoms with van der Waals surface area (Å²) in [5.74, 6) is 1.02. The number of carbonyl (C=O) groups is 1. The average molecular weight is 465 g/mol. The minimum absolute atomic E-state index is 0. The predicted molar refractivity (Wildman–Crippen MR) is 126 cm³/mol. The number of hydrogen-bond acceptors (Lipinski definition) is 3. The van der Waals surface area contributed by atoms with Crippen LogP contribution in [0.1, 0.15) is 43.5 Å². The third-order valence-electron chi connectivity index (χ3n) is 6.18. The van der Waals surface area contributed by atoms with Gasteiger partial charge in [0.25, 0.3) is 0 Å². The van der Waals surface area contributed by atoms with Crippen LogP contribution >= 0.6 is 24.8 Å². The van der Waals surface area contributed by atoms with E-state index in [1.54, 1.807) is 12.1 Å². The van der Waals surface area contributed by atoms with Crippen molar-refractivity contribution in [2.24, 2.45) is 5.92 Å². The monoisotopic (exact) mass is 464 g/mol. The van der Waals surface area contributed by atoms with Gasteiger partial charge < -0.3 is 15.6 Å². The summed E-state index contributed by atoms with van der Waals surface area (Å²) < 4.78 is 13.9. The lowest BCUT2D eigenvalue weighted by atomic mass is 9.89. The fraction of sp³-hybridized carbons (Fsp3) is 0.391. The van der Waals surface area contributed by atoms with E-state index >= 15 is 0 Å². The lowest BCUT2D eigenvalue weighted by molar-refractivity contribution is -0.117. The van der Waals surface area contributed by atoms with Crippen molar-refractivity contribution in [3.8, 4) is 0 Å². The van der Waals surface area contributed by atoms with Crippen LogP contribution in [0.4, 0.5) is 10.1 Å². The van der Waals surface area contributed by atoms with E-state index in [1.807, 2.05) is 24.3 Å². The van der Waals surface area contributed by atoms with Crippen molar-refractivity contribution in [3.05, 3.63) is 59.7 Å². The molecule has 3 N–H and O–H groups in total. The van der Waals surface area contributed by atoms with Crippen LogP contribution in [0.2, 0.25) is 0 Å². The predicted octanol–water partition coefficient (Wildman–Crippen LogP) is 5.00. The number of fused-ring (bicyclic) bond motifs is 3. The number of piperidine rings is 1. The number of nitrogens with zero attached hydrogens (tertiary/aromatic N) is 1. The SMILES string of the molecule is Cl.Cl.O=C(CC1CC2CCC(C1)N2)Nc1ccc2nc(Cc3ccccc3F)[nH]c2c1. The maximum Gasteiger partial charge on any atom is 0.224 e. The van der Waals surface area contributed by atoms with Gasteiger partial charge in [-0.25, -0.2) is 9.37 Å². The molecule has 2 bridgehead atoms. The highest BCUT2D eigenvalue weighted by Gasteiger charge is 2.34. The molecular weight excluding hydrogens is 438 g/mol. The first kappa shape index (κ1) is 23.5. The smallest absolute Gasteiger partial charge is 0.224 e. The summed E-state index contributed by atoms with van der Waals surface area (Å²) in [5.41, 5.74) is 3.02.